The minimum absolute atomic E-state index is 0.0884. The molecular weight excluding hydrogens is 214 g/mol. The third kappa shape index (κ3) is 2.39. The molecule has 2 aromatic rings. The Morgan fingerprint density at radius 3 is 2.73 bits per heavy atom. The van der Waals surface area contributed by atoms with Crippen molar-refractivity contribution in [3.05, 3.63) is 47.7 Å². The Morgan fingerprint density at radius 2 is 2.00 bits per heavy atom. The van der Waals surface area contributed by atoms with Crippen molar-refractivity contribution in [2.24, 2.45) is 0 Å². The number of para-hydroxylation sites is 2. The first kappa shape index (κ1) is 9.80. The van der Waals surface area contributed by atoms with Crippen LogP contribution in [0, 0.1) is 0 Å². The molecule has 4 heteroatoms. The molecule has 0 fully saturated rings. The zero-order valence-electron chi connectivity index (χ0n) is 7.72. The van der Waals surface area contributed by atoms with Gasteiger partial charge in [-0.25, -0.2) is 4.98 Å². The van der Waals surface area contributed by atoms with Crippen LogP contribution in [-0.2, 0) is 0 Å². The van der Waals surface area contributed by atoms with Gasteiger partial charge in [0.25, 0.3) is 0 Å². The molecule has 1 aromatic carbocycles. The molecule has 0 spiro atoms. The highest BCUT2D eigenvalue weighted by atomic mass is 35.5. The molecule has 0 saturated heterocycles. The van der Waals surface area contributed by atoms with Crippen molar-refractivity contribution in [2.75, 3.05) is 0 Å². The third-order valence-corrected chi connectivity index (χ3v) is 2.00. The van der Waals surface area contributed by atoms with Gasteiger partial charge in [-0.15, -0.1) is 0 Å². The summed E-state index contributed by atoms with van der Waals surface area (Å²) in [5.41, 5.74) is 0. The number of aromatic hydroxyl groups is 1. The standard InChI is InChI=1S/C11H8ClNO2/c12-11-7-8(5-6-13-11)15-10-4-2-1-3-9(10)14/h1-7,14H. The molecule has 0 bridgehead atoms. The Balaban J connectivity index is 2.26. The van der Waals surface area contributed by atoms with E-state index in [1.807, 2.05) is 0 Å². The lowest BCUT2D eigenvalue weighted by Gasteiger charge is -2.06. The first-order valence-electron chi connectivity index (χ1n) is 4.33. The van der Waals surface area contributed by atoms with E-state index in [0.29, 0.717) is 16.7 Å². The molecule has 2 rings (SSSR count). The van der Waals surface area contributed by atoms with Gasteiger partial charge in [-0.05, 0) is 18.2 Å². The summed E-state index contributed by atoms with van der Waals surface area (Å²) in [6.07, 6.45) is 1.54. The monoisotopic (exact) mass is 221 g/mol. The fraction of sp³-hybridized carbons (Fsp3) is 0. The Labute approximate surface area is 91.9 Å². The van der Waals surface area contributed by atoms with Crippen molar-refractivity contribution in [1.29, 1.82) is 0 Å². The Bertz CT molecular complexity index is 474. The summed E-state index contributed by atoms with van der Waals surface area (Å²) in [5, 5.41) is 9.82. The van der Waals surface area contributed by atoms with Gasteiger partial charge in [0, 0.05) is 12.3 Å². The van der Waals surface area contributed by atoms with Crippen LogP contribution in [0.5, 0.6) is 17.2 Å². The summed E-state index contributed by atoms with van der Waals surface area (Å²) >= 11 is 5.70. The van der Waals surface area contributed by atoms with Crippen LogP contribution in [0.2, 0.25) is 5.15 Å². The summed E-state index contributed by atoms with van der Waals surface area (Å²) < 4.78 is 5.42. The van der Waals surface area contributed by atoms with Crippen molar-refractivity contribution in [2.45, 2.75) is 0 Å². The van der Waals surface area contributed by atoms with Crippen LogP contribution in [-0.4, -0.2) is 10.1 Å². The highest BCUT2D eigenvalue weighted by Gasteiger charge is 2.02. The summed E-state index contributed by atoms with van der Waals surface area (Å²) in [5.74, 6) is 1.02. The number of benzene rings is 1. The normalized spacial score (nSPS) is 9.93. The molecule has 15 heavy (non-hydrogen) atoms. The number of pyridine rings is 1. The number of rotatable bonds is 2. The molecule has 0 aliphatic rings. The second-order valence-corrected chi connectivity index (χ2v) is 3.27. The SMILES string of the molecule is Oc1ccccc1Oc1ccnc(Cl)c1. The summed E-state index contributed by atoms with van der Waals surface area (Å²) in [4.78, 5) is 3.83. The van der Waals surface area contributed by atoms with Gasteiger partial charge in [-0.3, -0.25) is 0 Å². The predicted octanol–water partition coefficient (Wildman–Crippen LogP) is 3.23. The maximum Gasteiger partial charge on any atom is 0.169 e. The molecule has 0 saturated carbocycles. The number of phenols is 1. The van der Waals surface area contributed by atoms with E-state index in [1.54, 1.807) is 36.4 Å². The molecule has 0 amide bonds. The summed E-state index contributed by atoms with van der Waals surface area (Å²) in [7, 11) is 0. The van der Waals surface area contributed by atoms with E-state index >= 15 is 0 Å². The fourth-order valence-electron chi connectivity index (χ4n) is 1.12. The number of aromatic nitrogens is 1. The average molecular weight is 222 g/mol. The van der Waals surface area contributed by atoms with E-state index in [4.69, 9.17) is 16.3 Å². The van der Waals surface area contributed by atoms with Gasteiger partial charge < -0.3 is 9.84 Å². The van der Waals surface area contributed by atoms with E-state index in [9.17, 15) is 5.11 Å². The highest BCUT2D eigenvalue weighted by molar-refractivity contribution is 6.29. The van der Waals surface area contributed by atoms with E-state index in [2.05, 4.69) is 4.98 Å². The molecule has 76 valence electrons. The maximum absolute atomic E-state index is 9.47. The molecule has 3 nitrogen and oxygen atoms in total. The zero-order chi connectivity index (χ0) is 10.7. The molecule has 0 aliphatic heterocycles. The molecule has 1 N–H and O–H groups in total. The lowest BCUT2D eigenvalue weighted by Crippen LogP contribution is -1.85. The smallest absolute Gasteiger partial charge is 0.169 e. The lowest BCUT2D eigenvalue weighted by atomic mass is 10.3. The van der Waals surface area contributed by atoms with Crippen LogP contribution >= 0.6 is 11.6 Å². The van der Waals surface area contributed by atoms with Gasteiger partial charge in [0.1, 0.15) is 10.9 Å². The van der Waals surface area contributed by atoms with Crippen LogP contribution in [0.15, 0.2) is 42.6 Å². The first-order valence-corrected chi connectivity index (χ1v) is 4.71. The van der Waals surface area contributed by atoms with Crippen LogP contribution in [0.3, 0.4) is 0 Å². The van der Waals surface area contributed by atoms with Gasteiger partial charge in [0.15, 0.2) is 11.5 Å². The molecular formula is C11H8ClNO2. The van der Waals surface area contributed by atoms with Crippen LogP contribution < -0.4 is 4.74 Å². The average Bonchev–Trinajstić information content (AvgIpc) is 2.22. The molecule has 0 radical (unpaired) electrons. The molecule has 0 atom stereocenters. The zero-order valence-corrected chi connectivity index (χ0v) is 8.48. The first-order chi connectivity index (χ1) is 7.25. The Morgan fingerprint density at radius 1 is 1.20 bits per heavy atom. The van der Waals surface area contributed by atoms with Gasteiger partial charge >= 0.3 is 0 Å². The maximum atomic E-state index is 9.47. The Kier molecular flexibility index (Phi) is 2.74. The summed E-state index contributed by atoms with van der Waals surface area (Å²) in [6, 6.07) is 9.97. The van der Waals surface area contributed by atoms with E-state index < -0.39 is 0 Å². The van der Waals surface area contributed by atoms with Crippen LogP contribution in [0.25, 0.3) is 0 Å². The quantitative estimate of drug-likeness (QED) is 0.792. The molecule has 1 heterocycles. The minimum Gasteiger partial charge on any atom is -0.504 e. The highest BCUT2D eigenvalue weighted by Crippen LogP contribution is 2.30. The van der Waals surface area contributed by atoms with Gasteiger partial charge in [0.05, 0.1) is 0 Å². The number of phenolic OH excluding ortho intramolecular Hbond substituents is 1. The third-order valence-electron chi connectivity index (χ3n) is 1.79. The van der Waals surface area contributed by atoms with Gasteiger partial charge in [-0.2, -0.15) is 0 Å². The number of nitrogens with zero attached hydrogens (tertiary/aromatic N) is 1. The molecule has 1 aromatic heterocycles. The van der Waals surface area contributed by atoms with Crippen LogP contribution in [0.4, 0.5) is 0 Å². The van der Waals surface area contributed by atoms with E-state index in [0.717, 1.165) is 0 Å². The second kappa shape index (κ2) is 4.19. The predicted molar refractivity (Wildman–Crippen MR) is 57.4 cm³/mol. The molecule has 0 unspecified atom stereocenters. The van der Waals surface area contributed by atoms with Gasteiger partial charge in [-0.1, -0.05) is 23.7 Å². The lowest BCUT2D eigenvalue weighted by molar-refractivity contribution is 0.411. The second-order valence-electron chi connectivity index (χ2n) is 2.88. The molecule has 0 aliphatic carbocycles. The Hall–Kier alpha value is -1.74. The van der Waals surface area contributed by atoms with E-state index in [1.165, 1.54) is 6.20 Å². The van der Waals surface area contributed by atoms with Crippen molar-refractivity contribution in [3.8, 4) is 17.2 Å². The number of hydrogen-bond acceptors (Lipinski definition) is 3. The fourth-order valence-corrected chi connectivity index (χ4v) is 1.28. The topological polar surface area (TPSA) is 42.4 Å². The largest absolute Gasteiger partial charge is 0.504 e. The van der Waals surface area contributed by atoms with Crippen molar-refractivity contribution in [3.63, 3.8) is 0 Å². The van der Waals surface area contributed by atoms with Gasteiger partial charge in [0.2, 0.25) is 0 Å². The van der Waals surface area contributed by atoms with Crippen molar-refractivity contribution < 1.29 is 9.84 Å². The van der Waals surface area contributed by atoms with Crippen molar-refractivity contribution in [1.82, 2.24) is 4.98 Å². The van der Waals surface area contributed by atoms with Crippen molar-refractivity contribution >= 4 is 11.6 Å². The van der Waals surface area contributed by atoms with Crippen LogP contribution in [0.1, 0.15) is 0 Å². The summed E-state index contributed by atoms with van der Waals surface area (Å²) in [6.45, 7) is 0. The number of halogens is 1. The minimum atomic E-state index is 0.0884. The van der Waals surface area contributed by atoms with E-state index in [-0.39, 0.29) is 5.75 Å². The number of ether oxygens (including phenoxy) is 1. The number of hydrogen-bond donors (Lipinski definition) is 1.